The summed E-state index contributed by atoms with van der Waals surface area (Å²) in [5, 5.41) is 4.61. The first-order valence-electron chi connectivity index (χ1n) is 9.04. The zero-order chi connectivity index (χ0) is 19.8. The number of nitrogens with zero attached hydrogens (tertiary/aromatic N) is 2. The second-order valence-electron chi connectivity index (χ2n) is 5.98. The molecule has 1 heterocycles. The highest BCUT2D eigenvalue weighted by Crippen LogP contribution is 2.29. The molecule has 0 aliphatic carbocycles. The second-order valence-corrected chi connectivity index (χ2v) is 5.98. The van der Waals surface area contributed by atoms with Crippen molar-refractivity contribution in [1.29, 1.82) is 0 Å². The minimum absolute atomic E-state index is 0. The number of hydrogen-bond acceptors (Lipinski definition) is 6. The number of hydrogen-bond donors (Lipinski definition) is 1. The third-order valence-corrected chi connectivity index (χ3v) is 4.08. The Morgan fingerprint density at radius 1 is 0.862 bits per heavy atom. The van der Waals surface area contributed by atoms with Gasteiger partial charge in [-0.2, -0.15) is 0 Å². The van der Waals surface area contributed by atoms with Crippen LogP contribution in [-0.2, 0) is 4.74 Å². The van der Waals surface area contributed by atoms with Crippen molar-refractivity contribution >= 4 is 12.4 Å². The van der Waals surface area contributed by atoms with Crippen LogP contribution in [0, 0.1) is 0 Å². The van der Waals surface area contributed by atoms with E-state index in [1.807, 2.05) is 59.3 Å². The molecule has 29 heavy (non-hydrogen) atoms. The van der Waals surface area contributed by atoms with Crippen molar-refractivity contribution < 1.29 is 18.9 Å². The highest BCUT2D eigenvalue weighted by Gasteiger charge is 2.13. The molecule has 0 unspecified atom stereocenters. The molecule has 0 saturated heterocycles. The monoisotopic (exact) mass is 419 g/mol. The maximum Gasteiger partial charge on any atom is 0.233 e. The summed E-state index contributed by atoms with van der Waals surface area (Å²) < 4.78 is 23.4. The van der Waals surface area contributed by atoms with Crippen molar-refractivity contribution in [3.8, 4) is 34.3 Å². The largest absolute Gasteiger partial charge is 0.497 e. The van der Waals surface area contributed by atoms with E-state index in [0.29, 0.717) is 32.2 Å². The summed E-state index contributed by atoms with van der Waals surface area (Å²) in [4.78, 5) is 0. The summed E-state index contributed by atoms with van der Waals surface area (Å²) >= 11 is 0. The number of ether oxygens (including phenoxy) is 4. The van der Waals surface area contributed by atoms with Crippen molar-refractivity contribution in [3.05, 3.63) is 54.6 Å². The van der Waals surface area contributed by atoms with E-state index in [1.165, 1.54) is 0 Å². The Morgan fingerprint density at radius 3 is 2.17 bits per heavy atom. The lowest BCUT2D eigenvalue weighted by Crippen LogP contribution is -2.10. The number of rotatable bonds is 10. The van der Waals surface area contributed by atoms with Gasteiger partial charge in [0.25, 0.3) is 0 Å². The van der Waals surface area contributed by atoms with Crippen LogP contribution in [0.1, 0.15) is 0 Å². The van der Waals surface area contributed by atoms with Crippen LogP contribution >= 0.6 is 12.4 Å². The summed E-state index contributed by atoms with van der Waals surface area (Å²) in [6.45, 7) is 1.90. The average Bonchev–Trinajstić information content (AvgIpc) is 3.17. The molecule has 0 aliphatic rings. The van der Waals surface area contributed by atoms with Gasteiger partial charge < -0.3 is 24.7 Å². The molecule has 0 saturated carbocycles. The molecule has 0 amide bonds. The summed E-state index contributed by atoms with van der Waals surface area (Å²) in [5.41, 5.74) is 8.29. The molecule has 3 rings (SSSR count). The highest BCUT2D eigenvalue weighted by atomic mass is 35.5. The molecule has 0 aliphatic heterocycles. The third-order valence-electron chi connectivity index (χ3n) is 4.08. The first-order valence-corrected chi connectivity index (χ1v) is 9.04. The SMILES string of the molecule is COCCOc1cc(-c2ccc(OCCN)cc2)n(-c2ccc(OC)cc2)n1.Cl. The van der Waals surface area contributed by atoms with Crippen LogP contribution in [-0.4, -0.2) is 50.4 Å². The summed E-state index contributed by atoms with van der Waals surface area (Å²) in [7, 11) is 3.28. The minimum atomic E-state index is 0. The van der Waals surface area contributed by atoms with Crippen LogP contribution in [0.4, 0.5) is 0 Å². The van der Waals surface area contributed by atoms with Gasteiger partial charge in [-0.15, -0.1) is 17.5 Å². The van der Waals surface area contributed by atoms with Gasteiger partial charge in [0.15, 0.2) is 0 Å². The molecule has 0 atom stereocenters. The van der Waals surface area contributed by atoms with Gasteiger partial charge in [0.2, 0.25) is 5.88 Å². The molecular formula is C21H26ClN3O4. The Morgan fingerprint density at radius 2 is 1.55 bits per heavy atom. The molecule has 156 valence electrons. The van der Waals surface area contributed by atoms with E-state index < -0.39 is 0 Å². The van der Waals surface area contributed by atoms with Crippen molar-refractivity contribution in [2.45, 2.75) is 0 Å². The zero-order valence-corrected chi connectivity index (χ0v) is 17.4. The van der Waals surface area contributed by atoms with E-state index in [-0.39, 0.29) is 12.4 Å². The van der Waals surface area contributed by atoms with Crippen LogP contribution < -0.4 is 19.9 Å². The van der Waals surface area contributed by atoms with E-state index in [9.17, 15) is 0 Å². The van der Waals surface area contributed by atoms with Gasteiger partial charge in [0.05, 0.1) is 25.1 Å². The topological polar surface area (TPSA) is 80.8 Å². The third kappa shape index (κ3) is 5.87. The van der Waals surface area contributed by atoms with Crippen molar-refractivity contribution in [2.24, 2.45) is 5.73 Å². The molecule has 0 spiro atoms. The lowest BCUT2D eigenvalue weighted by molar-refractivity contribution is 0.143. The first-order chi connectivity index (χ1) is 13.7. The van der Waals surface area contributed by atoms with Crippen LogP contribution in [0.5, 0.6) is 17.4 Å². The summed E-state index contributed by atoms with van der Waals surface area (Å²) in [5.74, 6) is 2.10. The molecular weight excluding hydrogens is 394 g/mol. The fourth-order valence-electron chi connectivity index (χ4n) is 2.68. The van der Waals surface area contributed by atoms with E-state index in [2.05, 4.69) is 5.10 Å². The Labute approximate surface area is 176 Å². The number of nitrogens with two attached hydrogens (primary N) is 1. The molecule has 0 radical (unpaired) electrons. The molecule has 0 bridgehead atoms. The van der Waals surface area contributed by atoms with Gasteiger partial charge in [-0.1, -0.05) is 0 Å². The summed E-state index contributed by atoms with van der Waals surface area (Å²) in [6, 6.07) is 17.4. The van der Waals surface area contributed by atoms with Gasteiger partial charge in [0.1, 0.15) is 24.7 Å². The average molecular weight is 420 g/mol. The van der Waals surface area contributed by atoms with E-state index in [0.717, 1.165) is 28.4 Å². The van der Waals surface area contributed by atoms with E-state index in [4.69, 9.17) is 24.7 Å². The van der Waals surface area contributed by atoms with Crippen LogP contribution in [0.25, 0.3) is 16.9 Å². The molecule has 3 aromatic rings. The lowest BCUT2D eigenvalue weighted by Gasteiger charge is -2.09. The minimum Gasteiger partial charge on any atom is -0.497 e. The Hall–Kier alpha value is -2.74. The number of halogens is 1. The maximum absolute atomic E-state index is 5.71. The number of methoxy groups -OCH3 is 2. The molecule has 2 N–H and O–H groups in total. The van der Waals surface area contributed by atoms with E-state index in [1.54, 1.807) is 14.2 Å². The van der Waals surface area contributed by atoms with Crippen molar-refractivity contribution in [3.63, 3.8) is 0 Å². The van der Waals surface area contributed by atoms with E-state index >= 15 is 0 Å². The maximum atomic E-state index is 5.71. The second kappa shape index (κ2) is 11.3. The first kappa shape index (κ1) is 22.5. The highest BCUT2D eigenvalue weighted by molar-refractivity contribution is 5.85. The quantitative estimate of drug-likeness (QED) is 0.508. The van der Waals surface area contributed by atoms with Gasteiger partial charge in [-0.05, 0) is 48.5 Å². The van der Waals surface area contributed by atoms with Crippen LogP contribution in [0.3, 0.4) is 0 Å². The molecule has 2 aromatic carbocycles. The predicted octanol–water partition coefficient (Wildman–Crippen LogP) is 3.33. The zero-order valence-electron chi connectivity index (χ0n) is 16.5. The fourth-order valence-corrected chi connectivity index (χ4v) is 2.68. The molecule has 8 heteroatoms. The Kier molecular flexibility index (Phi) is 8.79. The normalized spacial score (nSPS) is 10.3. The predicted molar refractivity (Wildman–Crippen MR) is 115 cm³/mol. The number of benzene rings is 2. The Balaban J connectivity index is 0.00000300. The Bertz CT molecular complexity index is 867. The summed E-state index contributed by atoms with van der Waals surface area (Å²) in [6.07, 6.45) is 0. The lowest BCUT2D eigenvalue weighted by atomic mass is 10.1. The fraction of sp³-hybridized carbons (Fsp3) is 0.286. The van der Waals surface area contributed by atoms with Gasteiger partial charge in [0, 0.05) is 25.3 Å². The smallest absolute Gasteiger partial charge is 0.233 e. The molecule has 1 aromatic heterocycles. The van der Waals surface area contributed by atoms with Crippen molar-refractivity contribution in [2.75, 3.05) is 40.6 Å². The number of aromatic nitrogens is 2. The standard InChI is InChI=1S/C21H25N3O4.ClH/c1-25-13-14-28-21-15-20(16-3-7-19(8-4-16)27-12-11-22)24(23-21)17-5-9-18(26-2)10-6-17;/h3-10,15H,11-14,22H2,1-2H3;1H. The van der Waals surface area contributed by atoms with Gasteiger partial charge in [-0.25, -0.2) is 4.68 Å². The molecule has 7 nitrogen and oxygen atoms in total. The van der Waals surface area contributed by atoms with Crippen LogP contribution in [0.2, 0.25) is 0 Å². The van der Waals surface area contributed by atoms with Gasteiger partial charge in [-0.3, -0.25) is 0 Å². The molecule has 0 fully saturated rings. The van der Waals surface area contributed by atoms with Crippen LogP contribution in [0.15, 0.2) is 54.6 Å². The van der Waals surface area contributed by atoms with Crippen molar-refractivity contribution in [1.82, 2.24) is 9.78 Å². The van der Waals surface area contributed by atoms with Gasteiger partial charge >= 0.3 is 0 Å².